The van der Waals surface area contributed by atoms with E-state index in [1.807, 2.05) is 12.1 Å². The van der Waals surface area contributed by atoms with Crippen molar-refractivity contribution in [3.8, 4) is 0 Å². The van der Waals surface area contributed by atoms with Crippen molar-refractivity contribution in [1.82, 2.24) is 4.98 Å². The number of carboxylic acids is 1. The molecule has 0 amide bonds. The topological polar surface area (TPSA) is 62.2 Å². The summed E-state index contributed by atoms with van der Waals surface area (Å²) in [5.41, 5.74) is 3.06. The number of anilines is 2. The van der Waals surface area contributed by atoms with Gasteiger partial charge in [0, 0.05) is 11.4 Å². The van der Waals surface area contributed by atoms with Gasteiger partial charge in [-0.1, -0.05) is 26.0 Å². The van der Waals surface area contributed by atoms with Gasteiger partial charge in [-0.2, -0.15) is 0 Å². The van der Waals surface area contributed by atoms with Crippen molar-refractivity contribution in [2.45, 2.75) is 26.7 Å². The Morgan fingerprint density at radius 2 is 1.85 bits per heavy atom. The molecule has 0 aliphatic heterocycles. The van der Waals surface area contributed by atoms with Gasteiger partial charge in [0.1, 0.15) is 5.82 Å². The molecule has 0 fully saturated rings. The fourth-order valence-corrected chi connectivity index (χ4v) is 1.96. The van der Waals surface area contributed by atoms with Crippen LogP contribution in [0.15, 0.2) is 36.4 Å². The molecule has 104 valence electrons. The highest BCUT2D eigenvalue weighted by Crippen LogP contribution is 2.20. The Kier molecular flexibility index (Phi) is 4.03. The molecule has 2 N–H and O–H groups in total. The lowest BCUT2D eigenvalue weighted by Gasteiger charge is -2.10. The summed E-state index contributed by atoms with van der Waals surface area (Å²) in [6, 6.07) is 11.1. The maximum absolute atomic E-state index is 11.0. The van der Waals surface area contributed by atoms with Gasteiger partial charge in [-0.3, -0.25) is 0 Å². The van der Waals surface area contributed by atoms with Crippen molar-refractivity contribution in [2.24, 2.45) is 0 Å². The molecule has 0 aliphatic rings. The molecule has 0 aliphatic carbocycles. The van der Waals surface area contributed by atoms with Gasteiger partial charge in [0.05, 0.1) is 5.56 Å². The van der Waals surface area contributed by atoms with Gasteiger partial charge in [-0.25, -0.2) is 9.78 Å². The monoisotopic (exact) mass is 270 g/mol. The number of aromatic carboxylic acids is 1. The van der Waals surface area contributed by atoms with E-state index in [2.05, 4.69) is 36.3 Å². The van der Waals surface area contributed by atoms with Crippen LogP contribution < -0.4 is 5.32 Å². The molecule has 1 aromatic carbocycles. The maximum atomic E-state index is 11.0. The van der Waals surface area contributed by atoms with E-state index in [-0.39, 0.29) is 5.56 Å². The molecular weight excluding hydrogens is 252 g/mol. The third kappa shape index (κ3) is 3.35. The molecule has 0 saturated heterocycles. The van der Waals surface area contributed by atoms with Crippen LogP contribution in [0.1, 0.15) is 41.4 Å². The highest BCUT2D eigenvalue weighted by Gasteiger charge is 2.07. The fourth-order valence-electron chi connectivity index (χ4n) is 1.96. The molecular formula is C16H18N2O2. The van der Waals surface area contributed by atoms with E-state index in [1.54, 1.807) is 13.0 Å². The van der Waals surface area contributed by atoms with Crippen LogP contribution in [0.2, 0.25) is 0 Å². The smallest absolute Gasteiger partial charge is 0.335 e. The summed E-state index contributed by atoms with van der Waals surface area (Å²) < 4.78 is 0. The van der Waals surface area contributed by atoms with E-state index in [9.17, 15) is 4.79 Å². The lowest BCUT2D eigenvalue weighted by molar-refractivity contribution is 0.0696. The van der Waals surface area contributed by atoms with Crippen molar-refractivity contribution >= 4 is 17.5 Å². The third-order valence-electron chi connectivity index (χ3n) is 3.05. The minimum atomic E-state index is -0.950. The first-order valence-electron chi connectivity index (χ1n) is 6.54. The number of carboxylic acid groups (broad SMARTS) is 1. The number of hydrogen-bond donors (Lipinski definition) is 2. The van der Waals surface area contributed by atoms with Crippen LogP contribution in [0.3, 0.4) is 0 Å². The average molecular weight is 270 g/mol. The van der Waals surface area contributed by atoms with Crippen LogP contribution >= 0.6 is 0 Å². The normalized spacial score (nSPS) is 10.6. The first kappa shape index (κ1) is 14.1. The molecule has 0 atom stereocenters. The van der Waals surface area contributed by atoms with E-state index >= 15 is 0 Å². The first-order valence-corrected chi connectivity index (χ1v) is 6.54. The van der Waals surface area contributed by atoms with Crippen molar-refractivity contribution in [1.29, 1.82) is 0 Å². The summed E-state index contributed by atoms with van der Waals surface area (Å²) in [6.45, 7) is 6.06. The highest BCUT2D eigenvalue weighted by molar-refractivity contribution is 5.88. The first-order chi connectivity index (χ1) is 9.45. The van der Waals surface area contributed by atoms with Gasteiger partial charge in [-0.05, 0) is 42.7 Å². The van der Waals surface area contributed by atoms with Gasteiger partial charge >= 0.3 is 5.97 Å². The Bertz CT molecular complexity index is 619. The van der Waals surface area contributed by atoms with E-state index in [1.165, 1.54) is 11.6 Å². The Hall–Kier alpha value is -2.36. The molecule has 1 aromatic heterocycles. The number of rotatable bonds is 4. The minimum absolute atomic E-state index is 0.235. The number of carbonyl (C=O) groups is 1. The number of pyridine rings is 1. The lowest BCUT2D eigenvalue weighted by atomic mass is 10.0. The summed E-state index contributed by atoms with van der Waals surface area (Å²) in [5, 5.41) is 12.2. The van der Waals surface area contributed by atoms with E-state index < -0.39 is 5.97 Å². The largest absolute Gasteiger partial charge is 0.478 e. The minimum Gasteiger partial charge on any atom is -0.478 e. The van der Waals surface area contributed by atoms with Crippen LogP contribution in [-0.2, 0) is 0 Å². The molecule has 2 aromatic rings. The molecule has 1 heterocycles. The molecule has 4 heteroatoms. The number of benzene rings is 1. The average Bonchev–Trinajstić information content (AvgIpc) is 2.38. The summed E-state index contributed by atoms with van der Waals surface area (Å²) in [4.78, 5) is 15.3. The zero-order chi connectivity index (χ0) is 14.7. The van der Waals surface area contributed by atoms with Gasteiger partial charge in [0.25, 0.3) is 0 Å². The van der Waals surface area contributed by atoms with Crippen LogP contribution in [0.25, 0.3) is 0 Å². The second-order valence-electron chi connectivity index (χ2n) is 5.09. The lowest BCUT2D eigenvalue weighted by Crippen LogP contribution is -2.02. The number of aromatic nitrogens is 1. The quantitative estimate of drug-likeness (QED) is 0.882. The Morgan fingerprint density at radius 1 is 1.20 bits per heavy atom. The van der Waals surface area contributed by atoms with E-state index in [0.717, 1.165) is 5.69 Å². The van der Waals surface area contributed by atoms with Crippen LogP contribution in [0.4, 0.5) is 11.5 Å². The molecule has 20 heavy (non-hydrogen) atoms. The van der Waals surface area contributed by atoms with Gasteiger partial charge in [0.2, 0.25) is 0 Å². The highest BCUT2D eigenvalue weighted by atomic mass is 16.4. The summed E-state index contributed by atoms with van der Waals surface area (Å²) in [7, 11) is 0. The second kappa shape index (κ2) is 5.74. The van der Waals surface area contributed by atoms with E-state index in [4.69, 9.17) is 5.11 Å². The zero-order valence-corrected chi connectivity index (χ0v) is 11.8. The standard InChI is InChI=1S/C16H18N2O2/c1-10(2)12-4-6-14(7-5-12)18-15-9-13(16(19)20)8-11(3)17-15/h4-10H,1-3H3,(H,17,18)(H,19,20). The summed E-state index contributed by atoms with van der Waals surface area (Å²) >= 11 is 0. The van der Waals surface area contributed by atoms with Gasteiger partial charge in [-0.15, -0.1) is 0 Å². The number of nitrogens with zero attached hydrogens (tertiary/aromatic N) is 1. The Morgan fingerprint density at radius 3 is 2.40 bits per heavy atom. The predicted molar refractivity (Wildman–Crippen MR) is 79.7 cm³/mol. The van der Waals surface area contributed by atoms with Crippen LogP contribution in [-0.4, -0.2) is 16.1 Å². The zero-order valence-electron chi connectivity index (χ0n) is 11.8. The molecule has 0 spiro atoms. The summed E-state index contributed by atoms with van der Waals surface area (Å²) in [5.74, 6) is 0.0770. The van der Waals surface area contributed by atoms with Crippen molar-refractivity contribution < 1.29 is 9.90 Å². The number of aryl methyl sites for hydroxylation is 1. The van der Waals surface area contributed by atoms with Crippen LogP contribution in [0, 0.1) is 6.92 Å². The number of hydrogen-bond acceptors (Lipinski definition) is 3. The second-order valence-corrected chi connectivity index (χ2v) is 5.09. The maximum Gasteiger partial charge on any atom is 0.335 e. The third-order valence-corrected chi connectivity index (χ3v) is 3.05. The summed E-state index contributed by atoms with van der Waals surface area (Å²) in [6.07, 6.45) is 0. The predicted octanol–water partition coefficient (Wildman–Crippen LogP) is 3.96. The molecule has 0 radical (unpaired) electrons. The molecule has 0 unspecified atom stereocenters. The van der Waals surface area contributed by atoms with Crippen molar-refractivity contribution in [2.75, 3.05) is 5.32 Å². The molecule has 0 bridgehead atoms. The Labute approximate surface area is 118 Å². The van der Waals surface area contributed by atoms with Gasteiger partial charge in [0.15, 0.2) is 0 Å². The SMILES string of the molecule is Cc1cc(C(=O)O)cc(Nc2ccc(C(C)C)cc2)n1. The molecule has 2 rings (SSSR count). The molecule has 4 nitrogen and oxygen atoms in total. The van der Waals surface area contributed by atoms with Crippen molar-refractivity contribution in [3.63, 3.8) is 0 Å². The van der Waals surface area contributed by atoms with Crippen molar-refractivity contribution in [3.05, 3.63) is 53.2 Å². The van der Waals surface area contributed by atoms with Gasteiger partial charge < -0.3 is 10.4 Å². The number of nitrogens with one attached hydrogen (secondary N) is 1. The fraction of sp³-hybridized carbons (Fsp3) is 0.250. The van der Waals surface area contributed by atoms with Crippen LogP contribution in [0.5, 0.6) is 0 Å². The van der Waals surface area contributed by atoms with E-state index in [0.29, 0.717) is 17.4 Å². The molecule has 0 saturated carbocycles. The Balaban J connectivity index is 2.23.